The molecule has 2 aromatic rings. The number of benzene rings is 1. The topological polar surface area (TPSA) is 110 Å². The standard InChI is InChI=1S/C28H30ClF3N4O3.ClH/c29-18-6-7-19(20(12-18)16-4-2-1-3-5-16)24(28(30,31)32)39-23-13-21(35-26(33)36-23)17-8-10-27(11-9-17)14-22(25(37)38)34-15-27;/h4,6-8,12-13,22,24,34H,1-3,5,9-11,14-15H2,(H,37,38)(H2,33,35,36);1H. The highest BCUT2D eigenvalue weighted by atomic mass is 35.5. The van der Waals surface area contributed by atoms with E-state index in [2.05, 4.69) is 15.3 Å². The number of alkyl halides is 3. The predicted octanol–water partition coefficient (Wildman–Crippen LogP) is 6.77. The van der Waals surface area contributed by atoms with Crippen molar-refractivity contribution in [1.29, 1.82) is 0 Å². The molecule has 1 fully saturated rings. The average molecular weight is 599 g/mol. The molecule has 0 bridgehead atoms. The average Bonchev–Trinajstić information content (AvgIpc) is 3.31. The Hall–Kier alpha value is -2.82. The lowest BCUT2D eigenvalue weighted by Crippen LogP contribution is -2.30. The Labute approximate surface area is 241 Å². The smallest absolute Gasteiger partial charge is 0.429 e. The SMILES string of the molecule is Cl.Nc1nc(OC(c2ccc(Cl)cc2C2=CCCCC2)C(F)(F)F)cc(C2=CCC3(CC2)CNC(C(=O)O)C3)n1. The third kappa shape index (κ3) is 6.56. The number of nitrogens with zero attached hydrogens (tertiary/aromatic N) is 2. The predicted molar refractivity (Wildman–Crippen MR) is 149 cm³/mol. The van der Waals surface area contributed by atoms with Crippen molar-refractivity contribution in [2.24, 2.45) is 5.41 Å². The molecule has 0 radical (unpaired) electrons. The number of ether oxygens (including phenoxy) is 1. The Bertz CT molecular complexity index is 1330. The van der Waals surface area contributed by atoms with Gasteiger partial charge in [0, 0.05) is 23.2 Å². The zero-order chi connectivity index (χ0) is 27.8. The van der Waals surface area contributed by atoms with Crippen molar-refractivity contribution < 1.29 is 27.8 Å². The monoisotopic (exact) mass is 598 g/mol. The fourth-order valence-corrected chi connectivity index (χ4v) is 6.00. The molecule has 2 aliphatic carbocycles. The Balaban J connectivity index is 0.00000370. The highest BCUT2D eigenvalue weighted by molar-refractivity contribution is 6.30. The minimum absolute atomic E-state index is 0. The van der Waals surface area contributed by atoms with E-state index < -0.39 is 24.3 Å². The number of nitrogens with two attached hydrogens (primary N) is 1. The molecule has 40 heavy (non-hydrogen) atoms. The van der Waals surface area contributed by atoms with Crippen LogP contribution in [0.15, 0.2) is 36.4 Å². The number of nitrogen functional groups attached to an aromatic ring is 1. The number of nitrogens with one attached hydrogen (secondary N) is 1. The molecular formula is C28H31Cl2F3N4O3. The molecule has 1 aromatic carbocycles. The van der Waals surface area contributed by atoms with Crippen molar-refractivity contribution in [3.05, 3.63) is 58.3 Å². The fraction of sp³-hybridized carbons (Fsp3) is 0.464. The van der Waals surface area contributed by atoms with Crippen LogP contribution in [0.3, 0.4) is 0 Å². The quantitative estimate of drug-likeness (QED) is 0.336. The molecule has 5 rings (SSSR count). The van der Waals surface area contributed by atoms with Gasteiger partial charge in [-0.2, -0.15) is 18.2 Å². The van der Waals surface area contributed by atoms with Crippen LogP contribution in [0.2, 0.25) is 5.02 Å². The number of carboxylic acids is 1. The molecule has 3 unspecified atom stereocenters. The van der Waals surface area contributed by atoms with Crippen LogP contribution in [0.4, 0.5) is 19.1 Å². The summed E-state index contributed by atoms with van der Waals surface area (Å²) in [5.74, 6) is -1.33. The van der Waals surface area contributed by atoms with Crippen LogP contribution in [0.5, 0.6) is 5.88 Å². The van der Waals surface area contributed by atoms with Crippen LogP contribution in [0, 0.1) is 5.41 Å². The molecule has 1 aliphatic heterocycles. The largest absolute Gasteiger partial charge is 0.480 e. The van der Waals surface area contributed by atoms with Gasteiger partial charge in [-0.1, -0.05) is 29.8 Å². The summed E-state index contributed by atoms with van der Waals surface area (Å²) in [7, 11) is 0. The van der Waals surface area contributed by atoms with Crippen molar-refractivity contribution in [3.8, 4) is 5.88 Å². The van der Waals surface area contributed by atoms with E-state index >= 15 is 0 Å². The zero-order valence-corrected chi connectivity index (χ0v) is 23.2. The van der Waals surface area contributed by atoms with E-state index in [9.17, 15) is 23.1 Å². The lowest BCUT2D eigenvalue weighted by Gasteiger charge is -2.32. The fourth-order valence-electron chi connectivity index (χ4n) is 5.83. The molecule has 3 aliphatic rings. The highest BCUT2D eigenvalue weighted by Gasteiger charge is 2.45. The summed E-state index contributed by atoms with van der Waals surface area (Å²) in [6.07, 6.45) is 2.75. The van der Waals surface area contributed by atoms with Gasteiger partial charge in [0.1, 0.15) is 6.04 Å². The zero-order valence-electron chi connectivity index (χ0n) is 21.6. The van der Waals surface area contributed by atoms with Gasteiger partial charge >= 0.3 is 12.1 Å². The van der Waals surface area contributed by atoms with Gasteiger partial charge < -0.3 is 20.9 Å². The normalized spacial score (nSPS) is 23.6. The molecule has 2 heterocycles. The van der Waals surface area contributed by atoms with Gasteiger partial charge in [-0.3, -0.25) is 4.79 Å². The van der Waals surface area contributed by atoms with Crippen LogP contribution in [0.25, 0.3) is 11.1 Å². The molecule has 0 amide bonds. The molecule has 216 valence electrons. The minimum atomic E-state index is -4.73. The summed E-state index contributed by atoms with van der Waals surface area (Å²) in [6, 6.07) is 5.17. The Morgan fingerprint density at radius 1 is 1.18 bits per heavy atom. The molecule has 0 saturated carbocycles. The maximum absolute atomic E-state index is 14.4. The summed E-state index contributed by atoms with van der Waals surface area (Å²) in [5.41, 5.74) is 8.20. The molecular weight excluding hydrogens is 568 g/mol. The maximum Gasteiger partial charge on any atom is 0.429 e. The van der Waals surface area contributed by atoms with E-state index in [1.165, 1.54) is 18.2 Å². The minimum Gasteiger partial charge on any atom is -0.480 e. The van der Waals surface area contributed by atoms with E-state index in [1.807, 2.05) is 12.2 Å². The number of aliphatic carboxylic acids is 1. The first kappa shape index (κ1) is 30.1. The summed E-state index contributed by atoms with van der Waals surface area (Å²) in [4.78, 5) is 19.6. The number of aromatic nitrogens is 2. The molecule has 1 spiro atoms. The Kier molecular flexibility index (Phi) is 9.02. The molecule has 1 saturated heterocycles. The third-order valence-corrected chi connectivity index (χ3v) is 8.12. The van der Waals surface area contributed by atoms with E-state index in [0.29, 0.717) is 48.5 Å². The van der Waals surface area contributed by atoms with Crippen molar-refractivity contribution in [3.63, 3.8) is 0 Å². The number of halogens is 5. The molecule has 1 aromatic heterocycles. The van der Waals surface area contributed by atoms with Crippen molar-refractivity contribution in [1.82, 2.24) is 15.3 Å². The van der Waals surface area contributed by atoms with Crippen molar-refractivity contribution >= 4 is 47.1 Å². The van der Waals surface area contributed by atoms with Crippen LogP contribution < -0.4 is 15.8 Å². The second kappa shape index (κ2) is 12.0. The van der Waals surface area contributed by atoms with Gasteiger partial charge in [0.25, 0.3) is 0 Å². The van der Waals surface area contributed by atoms with Crippen molar-refractivity contribution in [2.45, 2.75) is 69.7 Å². The summed E-state index contributed by atoms with van der Waals surface area (Å²) < 4.78 is 48.9. The number of rotatable bonds is 6. The van der Waals surface area contributed by atoms with Crippen LogP contribution in [-0.4, -0.2) is 39.8 Å². The summed E-state index contributed by atoms with van der Waals surface area (Å²) >= 11 is 6.19. The third-order valence-electron chi connectivity index (χ3n) is 7.88. The molecule has 4 N–H and O–H groups in total. The number of allylic oxidation sites excluding steroid dienone is 4. The van der Waals surface area contributed by atoms with E-state index in [-0.39, 0.29) is 35.2 Å². The van der Waals surface area contributed by atoms with Gasteiger partial charge in [-0.05, 0) is 85.6 Å². The number of hydrogen-bond donors (Lipinski definition) is 3. The number of carbonyl (C=O) groups is 1. The summed E-state index contributed by atoms with van der Waals surface area (Å²) in [5, 5.41) is 12.7. The first-order valence-electron chi connectivity index (χ1n) is 13.1. The van der Waals surface area contributed by atoms with E-state index in [1.54, 1.807) is 6.07 Å². The Morgan fingerprint density at radius 3 is 2.60 bits per heavy atom. The lowest BCUT2D eigenvalue weighted by atomic mass is 9.73. The van der Waals surface area contributed by atoms with Gasteiger partial charge in [-0.25, -0.2) is 4.98 Å². The number of carboxylic acid groups (broad SMARTS) is 1. The van der Waals surface area contributed by atoms with Gasteiger partial charge in [0.15, 0.2) is 0 Å². The van der Waals surface area contributed by atoms with Gasteiger partial charge in [0.05, 0.1) is 5.69 Å². The highest BCUT2D eigenvalue weighted by Crippen LogP contribution is 2.45. The van der Waals surface area contributed by atoms with E-state index in [0.717, 1.165) is 36.8 Å². The second-order valence-electron chi connectivity index (χ2n) is 10.6. The number of anilines is 1. The van der Waals surface area contributed by atoms with E-state index in [4.69, 9.17) is 22.1 Å². The van der Waals surface area contributed by atoms with Crippen LogP contribution in [-0.2, 0) is 4.79 Å². The van der Waals surface area contributed by atoms with Gasteiger partial charge in [-0.15, -0.1) is 12.4 Å². The second-order valence-corrected chi connectivity index (χ2v) is 11.0. The lowest BCUT2D eigenvalue weighted by molar-refractivity contribution is -0.198. The van der Waals surface area contributed by atoms with Gasteiger partial charge in [0.2, 0.25) is 17.9 Å². The summed E-state index contributed by atoms with van der Waals surface area (Å²) in [6.45, 7) is 0.598. The molecule has 7 nitrogen and oxygen atoms in total. The molecule has 3 atom stereocenters. The first-order chi connectivity index (χ1) is 18.5. The molecule has 12 heteroatoms. The van der Waals surface area contributed by atoms with Crippen LogP contribution >= 0.6 is 24.0 Å². The Morgan fingerprint density at radius 2 is 1.98 bits per heavy atom. The maximum atomic E-state index is 14.4. The van der Waals surface area contributed by atoms with Crippen molar-refractivity contribution in [2.75, 3.05) is 12.3 Å². The first-order valence-corrected chi connectivity index (χ1v) is 13.4. The number of hydrogen-bond acceptors (Lipinski definition) is 6. The van der Waals surface area contributed by atoms with Crippen LogP contribution in [0.1, 0.15) is 74.3 Å².